The van der Waals surface area contributed by atoms with Gasteiger partial charge in [0.1, 0.15) is 11.5 Å². The first-order chi connectivity index (χ1) is 18.1. The van der Waals surface area contributed by atoms with Crippen molar-refractivity contribution in [1.82, 2.24) is 0 Å². The molecular formula is C32H33O4P. The van der Waals surface area contributed by atoms with E-state index in [9.17, 15) is 9.46 Å². The zero-order chi connectivity index (χ0) is 25.0. The van der Waals surface area contributed by atoms with Crippen molar-refractivity contribution in [2.75, 3.05) is 0 Å². The van der Waals surface area contributed by atoms with Crippen LogP contribution in [0, 0.1) is 0 Å². The molecule has 0 unspecified atom stereocenters. The molecular weight excluding hydrogens is 479 g/mol. The third-order valence-electron chi connectivity index (χ3n) is 8.84. The Labute approximate surface area is 218 Å². The lowest BCUT2D eigenvalue weighted by Gasteiger charge is -2.23. The molecule has 1 heterocycles. The summed E-state index contributed by atoms with van der Waals surface area (Å²) in [6, 6.07) is 21.1. The maximum absolute atomic E-state index is 12.9. The molecule has 0 atom stereocenters. The predicted molar refractivity (Wildman–Crippen MR) is 150 cm³/mol. The fourth-order valence-electron chi connectivity index (χ4n) is 6.97. The summed E-state index contributed by atoms with van der Waals surface area (Å²) in [5.41, 5.74) is 4.46. The summed E-state index contributed by atoms with van der Waals surface area (Å²) >= 11 is 0. The van der Waals surface area contributed by atoms with E-state index in [2.05, 4.69) is 36.4 Å². The summed E-state index contributed by atoms with van der Waals surface area (Å²) < 4.78 is 24.2. The Morgan fingerprint density at radius 2 is 1.03 bits per heavy atom. The van der Waals surface area contributed by atoms with E-state index in [0.29, 0.717) is 23.3 Å². The van der Waals surface area contributed by atoms with Crippen LogP contribution < -0.4 is 9.05 Å². The SMILES string of the molecule is O=P1(O)Oc2ccc3cc(C4CCCCC4)ccc3c2-c2c(ccc3cc(C4CCCCC4)ccc23)O1. The molecule has 0 bridgehead atoms. The third-order valence-corrected chi connectivity index (χ3v) is 9.70. The van der Waals surface area contributed by atoms with Crippen molar-refractivity contribution < 1.29 is 18.5 Å². The minimum atomic E-state index is -4.31. The third kappa shape index (κ3) is 4.25. The Morgan fingerprint density at radius 1 is 0.595 bits per heavy atom. The minimum absolute atomic E-state index is 0.395. The van der Waals surface area contributed by atoms with Gasteiger partial charge in [0, 0.05) is 11.1 Å². The second-order valence-corrected chi connectivity index (χ2v) is 12.5. The molecule has 0 amide bonds. The molecule has 0 saturated heterocycles. The molecule has 5 heteroatoms. The van der Waals surface area contributed by atoms with Gasteiger partial charge in [-0.25, -0.2) is 4.57 Å². The molecule has 0 spiro atoms. The Hall–Kier alpha value is -2.81. The summed E-state index contributed by atoms with van der Waals surface area (Å²) in [6.07, 6.45) is 12.9. The number of phosphoric ester groups is 1. The Bertz CT molecular complexity index is 1430. The van der Waals surface area contributed by atoms with Gasteiger partial charge < -0.3 is 9.05 Å². The van der Waals surface area contributed by atoms with Gasteiger partial charge in [-0.05, 0) is 82.3 Å². The van der Waals surface area contributed by atoms with Crippen LogP contribution in [0.25, 0.3) is 32.7 Å². The van der Waals surface area contributed by atoms with E-state index >= 15 is 0 Å². The molecule has 3 aliphatic rings. The Morgan fingerprint density at radius 3 is 1.46 bits per heavy atom. The van der Waals surface area contributed by atoms with Crippen molar-refractivity contribution in [3.63, 3.8) is 0 Å². The average molecular weight is 513 g/mol. The highest BCUT2D eigenvalue weighted by atomic mass is 31.2. The van der Waals surface area contributed by atoms with E-state index in [1.807, 2.05) is 24.3 Å². The molecule has 0 aromatic heterocycles. The first-order valence-corrected chi connectivity index (χ1v) is 15.4. The minimum Gasteiger partial charge on any atom is -0.395 e. The highest BCUT2D eigenvalue weighted by molar-refractivity contribution is 7.48. The zero-order valence-corrected chi connectivity index (χ0v) is 22.0. The molecule has 2 fully saturated rings. The predicted octanol–water partition coefficient (Wildman–Crippen LogP) is 9.63. The van der Waals surface area contributed by atoms with Gasteiger partial charge in [-0.3, -0.25) is 4.89 Å². The smallest absolute Gasteiger partial charge is 0.395 e. The van der Waals surface area contributed by atoms with Gasteiger partial charge in [-0.1, -0.05) is 87.1 Å². The lowest BCUT2D eigenvalue weighted by Crippen LogP contribution is -2.04. The molecule has 190 valence electrons. The van der Waals surface area contributed by atoms with Gasteiger partial charge in [0.25, 0.3) is 0 Å². The van der Waals surface area contributed by atoms with Crippen LogP contribution in [0.2, 0.25) is 0 Å². The molecule has 4 aromatic rings. The van der Waals surface area contributed by atoms with Crippen LogP contribution in [-0.4, -0.2) is 4.89 Å². The standard InChI is InChI=1S/C32H33O4P/c33-37(34)35-29-17-13-25-19-23(21-7-3-1-4-8-21)11-15-27(25)31(29)32-28-16-12-24(22-9-5-2-6-10-22)20-26(28)14-18-30(32)36-37/h11-22H,1-10H2,(H,33,34). The van der Waals surface area contributed by atoms with E-state index in [1.54, 1.807) is 0 Å². The second kappa shape index (κ2) is 9.19. The van der Waals surface area contributed by atoms with Crippen LogP contribution in [0.1, 0.15) is 87.2 Å². The van der Waals surface area contributed by atoms with E-state index in [4.69, 9.17) is 9.05 Å². The maximum atomic E-state index is 12.9. The first kappa shape index (κ1) is 23.3. The van der Waals surface area contributed by atoms with Crippen LogP contribution in [0.5, 0.6) is 11.5 Å². The molecule has 1 aliphatic heterocycles. The van der Waals surface area contributed by atoms with Gasteiger partial charge in [-0.2, -0.15) is 0 Å². The van der Waals surface area contributed by atoms with Gasteiger partial charge in [0.15, 0.2) is 0 Å². The summed E-state index contributed by atoms with van der Waals surface area (Å²) in [4.78, 5) is 10.5. The first-order valence-electron chi connectivity index (χ1n) is 13.9. The quantitative estimate of drug-likeness (QED) is 0.272. The molecule has 4 nitrogen and oxygen atoms in total. The number of phosphoric acid groups is 1. The normalized spacial score (nSPS) is 20.0. The summed E-state index contributed by atoms with van der Waals surface area (Å²) in [5, 5.41) is 4.30. The van der Waals surface area contributed by atoms with Gasteiger partial charge >= 0.3 is 7.82 Å². The number of hydrogen-bond donors (Lipinski definition) is 1. The van der Waals surface area contributed by atoms with Crippen molar-refractivity contribution in [3.8, 4) is 22.6 Å². The van der Waals surface area contributed by atoms with E-state index in [1.165, 1.54) is 75.3 Å². The van der Waals surface area contributed by atoms with Gasteiger partial charge in [0.2, 0.25) is 0 Å². The zero-order valence-electron chi connectivity index (χ0n) is 21.1. The monoisotopic (exact) mass is 512 g/mol. The molecule has 4 aromatic carbocycles. The Balaban J connectivity index is 1.43. The summed E-state index contributed by atoms with van der Waals surface area (Å²) in [6.45, 7) is 0. The van der Waals surface area contributed by atoms with Crippen LogP contribution >= 0.6 is 7.82 Å². The number of fused-ring (bicyclic) bond motifs is 7. The van der Waals surface area contributed by atoms with Gasteiger partial charge in [-0.15, -0.1) is 0 Å². The largest absolute Gasteiger partial charge is 0.584 e. The van der Waals surface area contributed by atoms with Crippen molar-refractivity contribution in [2.45, 2.75) is 76.0 Å². The molecule has 7 rings (SSSR count). The number of benzene rings is 4. The topological polar surface area (TPSA) is 55.8 Å². The fraction of sp³-hybridized carbons (Fsp3) is 0.375. The highest BCUT2D eigenvalue weighted by Gasteiger charge is 2.34. The molecule has 0 radical (unpaired) electrons. The van der Waals surface area contributed by atoms with Crippen molar-refractivity contribution in [1.29, 1.82) is 0 Å². The number of rotatable bonds is 2. The molecule has 1 N–H and O–H groups in total. The van der Waals surface area contributed by atoms with Crippen molar-refractivity contribution in [3.05, 3.63) is 71.8 Å². The van der Waals surface area contributed by atoms with Crippen LogP contribution in [0.3, 0.4) is 0 Å². The van der Waals surface area contributed by atoms with E-state index in [0.717, 1.165) is 32.7 Å². The second-order valence-electron chi connectivity index (χ2n) is 11.2. The van der Waals surface area contributed by atoms with Gasteiger partial charge in [0.05, 0.1) is 0 Å². The van der Waals surface area contributed by atoms with Crippen LogP contribution in [0.15, 0.2) is 60.7 Å². The average Bonchev–Trinajstić information content (AvgIpc) is 3.05. The van der Waals surface area contributed by atoms with Crippen molar-refractivity contribution in [2.24, 2.45) is 0 Å². The van der Waals surface area contributed by atoms with Crippen LogP contribution in [0.4, 0.5) is 0 Å². The van der Waals surface area contributed by atoms with E-state index < -0.39 is 7.82 Å². The summed E-state index contributed by atoms with van der Waals surface area (Å²) in [5.74, 6) is 2.01. The fourth-order valence-corrected chi connectivity index (χ4v) is 7.81. The Kier molecular flexibility index (Phi) is 5.79. The molecule has 2 saturated carbocycles. The van der Waals surface area contributed by atoms with E-state index in [-0.39, 0.29) is 0 Å². The number of hydrogen-bond acceptors (Lipinski definition) is 3. The highest BCUT2D eigenvalue weighted by Crippen LogP contribution is 2.57. The molecule has 2 aliphatic carbocycles. The summed E-state index contributed by atoms with van der Waals surface area (Å²) in [7, 11) is -4.31. The lowest BCUT2D eigenvalue weighted by molar-refractivity contribution is 0.294. The lowest BCUT2D eigenvalue weighted by atomic mass is 9.82. The maximum Gasteiger partial charge on any atom is 0.584 e. The van der Waals surface area contributed by atoms with Crippen LogP contribution in [-0.2, 0) is 4.57 Å². The molecule has 37 heavy (non-hydrogen) atoms. The van der Waals surface area contributed by atoms with Crippen molar-refractivity contribution >= 4 is 29.4 Å².